The van der Waals surface area contributed by atoms with Gasteiger partial charge >= 0.3 is 5.97 Å². The summed E-state index contributed by atoms with van der Waals surface area (Å²) in [5, 5.41) is 23.4. The molecule has 0 aromatic rings. The van der Waals surface area contributed by atoms with Crippen LogP contribution < -0.4 is 5.32 Å². The second-order valence-electron chi connectivity index (χ2n) is 24.9. The lowest BCUT2D eigenvalue weighted by Gasteiger charge is -2.22. The molecule has 0 aromatic heterocycles. The zero-order chi connectivity index (χ0) is 57.1. The first-order valence-electron chi connectivity index (χ1n) is 36.1. The fraction of sp³-hybridized carbons (Fsp3) is 0.918. The van der Waals surface area contributed by atoms with E-state index in [1.165, 1.54) is 327 Å². The Labute approximate surface area is 494 Å². The van der Waals surface area contributed by atoms with Crippen molar-refractivity contribution in [3.05, 3.63) is 24.3 Å². The number of hydrogen-bond donors (Lipinski definition) is 3. The predicted octanol–water partition coefficient (Wildman–Crippen LogP) is 23.3. The van der Waals surface area contributed by atoms with Crippen molar-refractivity contribution in [1.29, 1.82) is 0 Å². The Balaban J connectivity index is 3.40. The first-order valence-corrected chi connectivity index (χ1v) is 36.1. The summed E-state index contributed by atoms with van der Waals surface area (Å²) in [6.45, 7) is 4.99. The lowest BCUT2D eigenvalue weighted by Crippen LogP contribution is -2.45. The first-order chi connectivity index (χ1) is 39.0. The van der Waals surface area contributed by atoms with Gasteiger partial charge < -0.3 is 20.3 Å². The third kappa shape index (κ3) is 65.4. The highest BCUT2D eigenvalue weighted by atomic mass is 16.5. The van der Waals surface area contributed by atoms with E-state index < -0.39 is 12.1 Å². The summed E-state index contributed by atoms with van der Waals surface area (Å²) in [5.41, 5.74) is 0. The maximum Gasteiger partial charge on any atom is 0.305 e. The van der Waals surface area contributed by atoms with E-state index in [9.17, 15) is 19.8 Å². The van der Waals surface area contributed by atoms with Crippen LogP contribution in [0.1, 0.15) is 406 Å². The molecule has 0 rings (SSSR count). The van der Waals surface area contributed by atoms with Crippen LogP contribution in [0, 0.1) is 0 Å². The number of rotatable bonds is 68. The van der Waals surface area contributed by atoms with Gasteiger partial charge in [-0.05, 0) is 57.8 Å². The van der Waals surface area contributed by atoms with Gasteiger partial charge in [0, 0.05) is 12.8 Å². The SMILES string of the molecule is CCCCCCCCCCCCCCCCCCCCCC(O)C(CO)NC(=O)CCCCCCCCCCCCCCC/C=C\C/C=C\CCCCCCCCCCCOC(=O)CCCCCCCCCCCCCCCC. The summed E-state index contributed by atoms with van der Waals surface area (Å²) < 4.78 is 5.49. The van der Waals surface area contributed by atoms with Crippen molar-refractivity contribution in [2.24, 2.45) is 0 Å². The number of aliphatic hydroxyl groups is 2. The number of unbranched alkanes of at least 4 members (excludes halogenated alkanes) is 53. The van der Waals surface area contributed by atoms with E-state index in [0.717, 1.165) is 44.9 Å². The normalized spacial score (nSPS) is 12.6. The Morgan fingerprint density at radius 1 is 0.354 bits per heavy atom. The smallest absolute Gasteiger partial charge is 0.305 e. The van der Waals surface area contributed by atoms with Crippen molar-refractivity contribution < 1.29 is 24.5 Å². The van der Waals surface area contributed by atoms with Gasteiger partial charge in [-0.25, -0.2) is 0 Å². The summed E-state index contributed by atoms with van der Waals surface area (Å²) in [6, 6.07) is -0.543. The molecule has 0 bridgehead atoms. The van der Waals surface area contributed by atoms with Gasteiger partial charge in [0.1, 0.15) is 0 Å². The van der Waals surface area contributed by atoms with E-state index in [1.54, 1.807) is 0 Å². The number of allylic oxidation sites excluding steroid dienone is 4. The topological polar surface area (TPSA) is 95.9 Å². The molecule has 79 heavy (non-hydrogen) atoms. The molecule has 0 aromatic carbocycles. The third-order valence-corrected chi connectivity index (χ3v) is 17.0. The Hall–Kier alpha value is -1.66. The van der Waals surface area contributed by atoms with Crippen LogP contribution in [-0.2, 0) is 14.3 Å². The first kappa shape index (κ1) is 77.3. The van der Waals surface area contributed by atoms with Crippen LogP contribution in [0.4, 0.5) is 0 Å². The van der Waals surface area contributed by atoms with Crippen LogP contribution >= 0.6 is 0 Å². The third-order valence-electron chi connectivity index (χ3n) is 17.0. The zero-order valence-corrected chi connectivity index (χ0v) is 53.6. The number of aliphatic hydroxyl groups excluding tert-OH is 2. The molecular weight excluding hydrogens is 971 g/mol. The van der Waals surface area contributed by atoms with Gasteiger partial charge in [-0.3, -0.25) is 9.59 Å². The number of carbonyl (C=O) groups is 2. The highest BCUT2D eigenvalue weighted by molar-refractivity contribution is 5.76. The van der Waals surface area contributed by atoms with Gasteiger partial charge in [0.15, 0.2) is 0 Å². The average Bonchev–Trinajstić information content (AvgIpc) is 3.45. The maximum atomic E-state index is 12.5. The molecule has 0 aliphatic heterocycles. The monoisotopic (exact) mass is 1110 g/mol. The zero-order valence-electron chi connectivity index (χ0n) is 53.6. The van der Waals surface area contributed by atoms with E-state index in [-0.39, 0.29) is 18.5 Å². The van der Waals surface area contributed by atoms with E-state index in [2.05, 4.69) is 43.5 Å². The number of amides is 1. The molecule has 0 saturated carbocycles. The molecular formula is C73H141NO5. The van der Waals surface area contributed by atoms with Gasteiger partial charge in [0.05, 0.1) is 25.4 Å². The fourth-order valence-electron chi connectivity index (χ4n) is 11.5. The summed E-state index contributed by atoms with van der Waals surface area (Å²) in [4.78, 5) is 24.6. The number of nitrogens with one attached hydrogen (secondary N) is 1. The largest absolute Gasteiger partial charge is 0.466 e. The van der Waals surface area contributed by atoms with Crippen molar-refractivity contribution in [2.75, 3.05) is 13.2 Å². The quantitative estimate of drug-likeness (QED) is 0.0320. The van der Waals surface area contributed by atoms with E-state index in [0.29, 0.717) is 25.9 Å². The second kappa shape index (κ2) is 68.8. The van der Waals surface area contributed by atoms with Crippen LogP contribution in [-0.4, -0.2) is 47.4 Å². The summed E-state index contributed by atoms with van der Waals surface area (Å²) >= 11 is 0. The summed E-state index contributed by atoms with van der Waals surface area (Å²) in [6.07, 6.45) is 86.6. The standard InChI is InChI=1S/C73H141NO5/c1-3-5-7-9-11-13-15-17-19-20-32-35-38-41-45-49-53-57-61-65-71(76)70(69-75)74-72(77)66-62-58-54-50-46-42-39-36-33-30-28-26-24-22-21-23-25-27-29-31-34-37-40-44-48-52-56-60-64-68-79-73(78)67-63-59-55-51-47-43-18-16-14-12-10-8-6-4-2/h21,23,27,29,70-71,75-76H,3-20,22,24-26,28,30-69H2,1-2H3,(H,74,77)/b23-21-,29-27-. The molecule has 0 aliphatic rings. The summed E-state index contributed by atoms with van der Waals surface area (Å²) in [5.74, 6) is -0.0168. The molecule has 0 fully saturated rings. The Kier molecular flexibility index (Phi) is 67.4. The summed E-state index contributed by atoms with van der Waals surface area (Å²) in [7, 11) is 0. The van der Waals surface area contributed by atoms with Crippen molar-refractivity contribution in [3.63, 3.8) is 0 Å². The van der Waals surface area contributed by atoms with Gasteiger partial charge in [-0.15, -0.1) is 0 Å². The predicted molar refractivity (Wildman–Crippen MR) is 347 cm³/mol. The second-order valence-corrected chi connectivity index (χ2v) is 24.9. The maximum absolute atomic E-state index is 12.5. The van der Waals surface area contributed by atoms with Crippen molar-refractivity contribution in [3.8, 4) is 0 Å². The van der Waals surface area contributed by atoms with Crippen LogP contribution in [0.25, 0.3) is 0 Å². The number of carbonyl (C=O) groups excluding carboxylic acids is 2. The molecule has 0 heterocycles. The average molecular weight is 1110 g/mol. The molecule has 6 nitrogen and oxygen atoms in total. The van der Waals surface area contributed by atoms with E-state index >= 15 is 0 Å². The molecule has 0 radical (unpaired) electrons. The molecule has 0 aliphatic carbocycles. The molecule has 6 heteroatoms. The lowest BCUT2D eigenvalue weighted by molar-refractivity contribution is -0.143. The minimum absolute atomic E-state index is 0.0151. The van der Waals surface area contributed by atoms with Crippen LogP contribution in [0.2, 0.25) is 0 Å². The molecule has 0 saturated heterocycles. The van der Waals surface area contributed by atoms with E-state index in [1.807, 2.05) is 0 Å². The minimum Gasteiger partial charge on any atom is -0.466 e. The molecule has 2 unspecified atom stereocenters. The fourth-order valence-corrected chi connectivity index (χ4v) is 11.5. The van der Waals surface area contributed by atoms with Gasteiger partial charge in [0.2, 0.25) is 5.91 Å². The highest BCUT2D eigenvalue weighted by Crippen LogP contribution is 2.19. The van der Waals surface area contributed by atoms with Gasteiger partial charge in [0.25, 0.3) is 0 Å². The molecule has 0 spiro atoms. The van der Waals surface area contributed by atoms with Crippen LogP contribution in [0.3, 0.4) is 0 Å². The van der Waals surface area contributed by atoms with Crippen molar-refractivity contribution in [1.82, 2.24) is 5.32 Å². The Morgan fingerprint density at radius 2 is 0.633 bits per heavy atom. The molecule has 3 N–H and O–H groups in total. The Bertz CT molecular complexity index is 1230. The van der Waals surface area contributed by atoms with Gasteiger partial charge in [-0.1, -0.05) is 359 Å². The molecule has 468 valence electrons. The van der Waals surface area contributed by atoms with Crippen LogP contribution in [0.15, 0.2) is 24.3 Å². The number of esters is 1. The molecule has 1 amide bonds. The van der Waals surface area contributed by atoms with Gasteiger partial charge in [-0.2, -0.15) is 0 Å². The number of ether oxygens (including phenoxy) is 1. The number of hydrogen-bond acceptors (Lipinski definition) is 5. The lowest BCUT2D eigenvalue weighted by atomic mass is 10.0. The molecule has 2 atom stereocenters. The Morgan fingerprint density at radius 3 is 0.962 bits per heavy atom. The minimum atomic E-state index is -0.666. The van der Waals surface area contributed by atoms with Crippen molar-refractivity contribution in [2.45, 2.75) is 418 Å². The van der Waals surface area contributed by atoms with E-state index in [4.69, 9.17) is 4.74 Å². The highest BCUT2D eigenvalue weighted by Gasteiger charge is 2.20. The van der Waals surface area contributed by atoms with Crippen LogP contribution in [0.5, 0.6) is 0 Å². The van der Waals surface area contributed by atoms with Crippen molar-refractivity contribution >= 4 is 11.9 Å².